The maximum atomic E-state index is 12.1. The van der Waals surface area contributed by atoms with Crippen molar-refractivity contribution in [2.75, 3.05) is 5.32 Å². The number of hydrogen-bond donors (Lipinski definition) is 1. The summed E-state index contributed by atoms with van der Waals surface area (Å²) >= 11 is 0. The molecule has 0 bridgehead atoms. The van der Waals surface area contributed by atoms with Gasteiger partial charge in [0.25, 0.3) is 5.91 Å². The van der Waals surface area contributed by atoms with Gasteiger partial charge in [-0.15, -0.1) is 0 Å². The van der Waals surface area contributed by atoms with E-state index in [4.69, 9.17) is 4.74 Å². The molecule has 0 aromatic heterocycles. The van der Waals surface area contributed by atoms with E-state index in [1.807, 2.05) is 38.1 Å². The zero-order valence-electron chi connectivity index (χ0n) is 13.4. The van der Waals surface area contributed by atoms with Gasteiger partial charge in [-0.25, -0.2) is 0 Å². The molecule has 0 fully saturated rings. The summed E-state index contributed by atoms with van der Waals surface area (Å²) in [7, 11) is 0. The molecule has 4 nitrogen and oxygen atoms in total. The van der Waals surface area contributed by atoms with Crippen LogP contribution >= 0.6 is 0 Å². The van der Waals surface area contributed by atoms with Crippen molar-refractivity contribution >= 4 is 17.6 Å². The van der Waals surface area contributed by atoms with Crippen LogP contribution in [0.25, 0.3) is 0 Å². The van der Waals surface area contributed by atoms with E-state index in [0.717, 1.165) is 29.7 Å². The molecular formula is C18H23NO3. The van der Waals surface area contributed by atoms with E-state index in [2.05, 4.69) is 11.4 Å². The second-order valence-corrected chi connectivity index (χ2v) is 5.91. The zero-order chi connectivity index (χ0) is 16.1. The first kappa shape index (κ1) is 16.3. The first-order chi connectivity index (χ1) is 10.5. The van der Waals surface area contributed by atoms with Gasteiger partial charge in [-0.3, -0.25) is 9.59 Å². The average Bonchev–Trinajstić information content (AvgIpc) is 2.95. The molecule has 0 radical (unpaired) electrons. The average molecular weight is 301 g/mol. The van der Waals surface area contributed by atoms with Crippen molar-refractivity contribution in [1.29, 1.82) is 0 Å². The Kier molecular flexibility index (Phi) is 5.36. The number of nitrogens with one attached hydrogen (secondary N) is 1. The van der Waals surface area contributed by atoms with Crippen molar-refractivity contribution in [2.24, 2.45) is 5.92 Å². The molecule has 4 heteroatoms. The Hall–Kier alpha value is -2.10. The van der Waals surface area contributed by atoms with Crippen LogP contribution in [0.3, 0.4) is 0 Å². The second kappa shape index (κ2) is 7.25. The first-order valence-corrected chi connectivity index (χ1v) is 7.70. The van der Waals surface area contributed by atoms with Crippen LogP contribution in [-0.2, 0) is 14.3 Å². The number of rotatable bonds is 5. The van der Waals surface area contributed by atoms with E-state index >= 15 is 0 Å². The smallest absolute Gasteiger partial charge is 0.307 e. The predicted molar refractivity (Wildman–Crippen MR) is 86.6 cm³/mol. The Morgan fingerprint density at radius 3 is 2.82 bits per heavy atom. The van der Waals surface area contributed by atoms with Crippen LogP contribution in [0.2, 0.25) is 0 Å². The number of anilines is 1. The number of allylic oxidation sites excluding steroid dienone is 2. The Morgan fingerprint density at radius 2 is 2.14 bits per heavy atom. The zero-order valence-corrected chi connectivity index (χ0v) is 13.4. The monoisotopic (exact) mass is 301 g/mol. The van der Waals surface area contributed by atoms with Crippen LogP contribution in [0.4, 0.5) is 5.69 Å². The number of carbonyl (C=O) groups excluding carboxylic acids is 2. The molecule has 1 amide bonds. The van der Waals surface area contributed by atoms with Crippen molar-refractivity contribution in [1.82, 2.24) is 0 Å². The summed E-state index contributed by atoms with van der Waals surface area (Å²) in [6, 6.07) is 5.85. The molecule has 22 heavy (non-hydrogen) atoms. The number of ether oxygens (including phenoxy) is 1. The van der Waals surface area contributed by atoms with Gasteiger partial charge in [0.15, 0.2) is 6.10 Å². The molecular weight excluding hydrogens is 278 g/mol. The lowest BCUT2D eigenvalue weighted by molar-refractivity contribution is -0.153. The van der Waals surface area contributed by atoms with Gasteiger partial charge in [-0.1, -0.05) is 24.3 Å². The van der Waals surface area contributed by atoms with E-state index < -0.39 is 6.10 Å². The van der Waals surface area contributed by atoms with Gasteiger partial charge in [0.05, 0.1) is 6.42 Å². The summed E-state index contributed by atoms with van der Waals surface area (Å²) in [5.74, 6) is -0.369. The number of aryl methyl sites for hydroxylation is 2. The number of amides is 1. The molecule has 118 valence electrons. The van der Waals surface area contributed by atoms with Gasteiger partial charge in [0.2, 0.25) is 0 Å². The van der Waals surface area contributed by atoms with Crippen LogP contribution in [0.5, 0.6) is 0 Å². The van der Waals surface area contributed by atoms with E-state index in [1.165, 1.54) is 0 Å². The summed E-state index contributed by atoms with van der Waals surface area (Å²) in [4.78, 5) is 24.0. The minimum atomic E-state index is -0.794. The van der Waals surface area contributed by atoms with Gasteiger partial charge in [-0.2, -0.15) is 0 Å². The highest BCUT2D eigenvalue weighted by atomic mass is 16.5. The van der Waals surface area contributed by atoms with Gasteiger partial charge in [0.1, 0.15) is 0 Å². The van der Waals surface area contributed by atoms with Crippen LogP contribution < -0.4 is 5.32 Å². The van der Waals surface area contributed by atoms with Crippen molar-refractivity contribution in [3.8, 4) is 0 Å². The summed E-state index contributed by atoms with van der Waals surface area (Å²) in [5.41, 5.74) is 2.80. The fourth-order valence-electron chi connectivity index (χ4n) is 2.48. The topological polar surface area (TPSA) is 55.4 Å². The minimum absolute atomic E-state index is 0.252. The Morgan fingerprint density at radius 1 is 1.36 bits per heavy atom. The third-order valence-corrected chi connectivity index (χ3v) is 3.87. The van der Waals surface area contributed by atoms with Gasteiger partial charge in [0, 0.05) is 5.69 Å². The van der Waals surface area contributed by atoms with Crippen LogP contribution in [0.15, 0.2) is 30.4 Å². The Balaban J connectivity index is 1.87. The summed E-state index contributed by atoms with van der Waals surface area (Å²) in [6.45, 7) is 5.49. The second-order valence-electron chi connectivity index (χ2n) is 5.91. The molecule has 2 rings (SSSR count). The molecule has 1 aliphatic carbocycles. The normalized spacial score (nSPS) is 18.0. The van der Waals surface area contributed by atoms with E-state index in [1.54, 1.807) is 6.92 Å². The van der Waals surface area contributed by atoms with Crippen molar-refractivity contribution in [3.05, 3.63) is 41.5 Å². The lowest BCUT2D eigenvalue weighted by Crippen LogP contribution is -2.30. The van der Waals surface area contributed by atoms with Crippen LogP contribution in [0.1, 0.15) is 37.3 Å². The highest BCUT2D eigenvalue weighted by molar-refractivity contribution is 5.95. The number of esters is 1. The fraction of sp³-hybridized carbons (Fsp3) is 0.444. The molecule has 0 spiro atoms. The number of carbonyl (C=O) groups is 2. The van der Waals surface area contributed by atoms with Crippen LogP contribution in [0, 0.1) is 19.8 Å². The van der Waals surface area contributed by atoms with Crippen molar-refractivity contribution < 1.29 is 14.3 Å². The van der Waals surface area contributed by atoms with Crippen LogP contribution in [-0.4, -0.2) is 18.0 Å². The number of hydrogen-bond acceptors (Lipinski definition) is 3. The molecule has 1 aliphatic rings. The highest BCUT2D eigenvalue weighted by Gasteiger charge is 2.21. The maximum absolute atomic E-state index is 12.1. The van der Waals surface area contributed by atoms with E-state index in [-0.39, 0.29) is 17.8 Å². The molecule has 1 N–H and O–H groups in total. The Labute approximate surface area is 131 Å². The first-order valence-electron chi connectivity index (χ1n) is 7.70. The van der Waals surface area contributed by atoms with Gasteiger partial charge >= 0.3 is 5.97 Å². The molecule has 0 aliphatic heterocycles. The molecule has 0 heterocycles. The maximum Gasteiger partial charge on any atom is 0.307 e. The summed E-state index contributed by atoms with van der Waals surface area (Å²) in [6.07, 6.45) is 5.67. The van der Waals surface area contributed by atoms with Crippen molar-refractivity contribution in [2.45, 2.75) is 46.1 Å². The Bertz CT molecular complexity index is 592. The van der Waals surface area contributed by atoms with E-state index in [9.17, 15) is 9.59 Å². The molecule has 0 unspecified atom stereocenters. The van der Waals surface area contributed by atoms with Crippen molar-refractivity contribution in [3.63, 3.8) is 0 Å². The summed E-state index contributed by atoms with van der Waals surface area (Å²) < 4.78 is 5.23. The molecule has 1 aromatic carbocycles. The quantitative estimate of drug-likeness (QED) is 0.668. The molecule has 2 atom stereocenters. The summed E-state index contributed by atoms with van der Waals surface area (Å²) in [5, 5.41) is 2.82. The van der Waals surface area contributed by atoms with Gasteiger partial charge in [-0.05, 0) is 56.7 Å². The van der Waals surface area contributed by atoms with Gasteiger partial charge < -0.3 is 10.1 Å². The highest BCUT2D eigenvalue weighted by Crippen LogP contribution is 2.21. The minimum Gasteiger partial charge on any atom is -0.453 e. The predicted octanol–water partition coefficient (Wildman–Crippen LogP) is 3.53. The molecule has 0 saturated heterocycles. The SMILES string of the molecule is Cc1ccc(C)c(NC(=O)[C@H](C)OC(=O)C[C@@H]2C=CCC2)c1. The molecule has 1 aromatic rings. The third-order valence-electron chi connectivity index (χ3n) is 3.87. The largest absolute Gasteiger partial charge is 0.453 e. The lowest BCUT2D eigenvalue weighted by atomic mass is 10.1. The molecule has 0 saturated carbocycles. The lowest BCUT2D eigenvalue weighted by Gasteiger charge is -2.16. The fourth-order valence-corrected chi connectivity index (χ4v) is 2.48. The third kappa shape index (κ3) is 4.45. The standard InChI is InChI=1S/C18H23NO3/c1-12-8-9-13(2)16(10-12)19-18(21)14(3)22-17(20)11-15-6-4-5-7-15/h4,6,8-10,14-15H,5,7,11H2,1-3H3,(H,19,21)/t14-,15+/m0/s1. The van der Waals surface area contributed by atoms with E-state index in [0.29, 0.717) is 6.42 Å². The number of benzene rings is 1.